The van der Waals surface area contributed by atoms with Gasteiger partial charge in [-0.2, -0.15) is 0 Å². The monoisotopic (exact) mass is 284 g/mol. The van der Waals surface area contributed by atoms with E-state index in [1.54, 1.807) is 11.9 Å². The van der Waals surface area contributed by atoms with Gasteiger partial charge in [-0.05, 0) is 38.5 Å². The van der Waals surface area contributed by atoms with Crippen LogP contribution in [0.15, 0.2) is 0 Å². The number of hydrogen-bond donors (Lipinski definition) is 1. The van der Waals surface area contributed by atoms with E-state index in [4.69, 9.17) is 4.74 Å². The number of nitrogens with zero attached hydrogens (tertiary/aromatic N) is 2. The minimum atomic E-state index is -0.902. The molecule has 2 heterocycles. The van der Waals surface area contributed by atoms with Gasteiger partial charge in [0.2, 0.25) is 0 Å². The summed E-state index contributed by atoms with van der Waals surface area (Å²) in [4.78, 5) is 26.8. The van der Waals surface area contributed by atoms with Gasteiger partial charge in [-0.3, -0.25) is 0 Å². The number of carboxylic acid groups (broad SMARTS) is 1. The zero-order valence-electron chi connectivity index (χ0n) is 12.1. The van der Waals surface area contributed by atoms with E-state index in [9.17, 15) is 14.7 Å². The second-order valence-corrected chi connectivity index (χ2v) is 5.69. The number of amides is 2. The van der Waals surface area contributed by atoms with Crippen LogP contribution in [0.25, 0.3) is 0 Å². The maximum Gasteiger partial charge on any atom is 0.326 e. The molecule has 2 fully saturated rings. The number of urea groups is 1. The van der Waals surface area contributed by atoms with Gasteiger partial charge in [0.05, 0.1) is 6.10 Å². The average molecular weight is 284 g/mol. The fraction of sp³-hybridized carbons (Fsp3) is 0.857. The molecule has 2 saturated heterocycles. The van der Waals surface area contributed by atoms with E-state index in [1.165, 1.54) is 4.90 Å². The number of likely N-dealkylation sites (tertiary alicyclic amines) is 1. The van der Waals surface area contributed by atoms with Crippen molar-refractivity contribution in [2.24, 2.45) is 0 Å². The summed E-state index contributed by atoms with van der Waals surface area (Å²) < 4.78 is 5.63. The van der Waals surface area contributed by atoms with Crippen LogP contribution in [0.4, 0.5) is 4.79 Å². The Labute approximate surface area is 119 Å². The Morgan fingerprint density at radius 1 is 1.25 bits per heavy atom. The molecule has 6 nitrogen and oxygen atoms in total. The zero-order valence-corrected chi connectivity index (χ0v) is 12.1. The second-order valence-electron chi connectivity index (χ2n) is 5.69. The molecule has 2 aliphatic rings. The van der Waals surface area contributed by atoms with Gasteiger partial charge >= 0.3 is 12.0 Å². The lowest BCUT2D eigenvalue weighted by molar-refractivity contribution is -0.143. The van der Waals surface area contributed by atoms with Crippen LogP contribution in [0.5, 0.6) is 0 Å². The molecule has 0 aromatic heterocycles. The highest BCUT2D eigenvalue weighted by atomic mass is 16.5. The van der Waals surface area contributed by atoms with Crippen molar-refractivity contribution in [1.82, 2.24) is 9.80 Å². The first-order chi connectivity index (χ1) is 9.59. The third kappa shape index (κ3) is 3.62. The molecule has 114 valence electrons. The van der Waals surface area contributed by atoms with E-state index in [2.05, 4.69) is 0 Å². The van der Waals surface area contributed by atoms with Gasteiger partial charge in [-0.1, -0.05) is 0 Å². The van der Waals surface area contributed by atoms with E-state index >= 15 is 0 Å². The summed E-state index contributed by atoms with van der Waals surface area (Å²) in [5.74, 6) is -0.902. The van der Waals surface area contributed by atoms with Gasteiger partial charge in [-0.15, -0.1) is 0 Å². The highest BCUT2D eigenvalue weighted by Gasteiger charge is 2.34. The lowest BCUT2D eigenvalue weighted by Crippen LogP contribution is -2.53. The number of carbonyl (C=O) groups excluding carboxylic acids is 1. The molecule has 2 atom stereocenters. The van der Waals surface area contributed by atoms with E-state index in [-0.39, 0.29) is 12.1 Å². The van der Waals surface area contributed by atoms with Crippen molar-refractivity contribution in [3.8, 4) is 0 Å². The lowest BCUT2D eigenvalue weighted by atomic mass is 10.0. The standard InChI is InChI=1S/C14H24N2O4/c1-15(10-11-6-3-5-9-20-11)14(19)16-8-4-2-7-12(16)13(17)18/h11-12H,2-10H2,1H3,(H,17,18). The fourth-order valence-electron chi connectivity index (χ4n) is 2.97. The van der Waals surface area contributed by atoms with E-state index in [0.717, 1.165) is 38.7 Å². The summed E-state index contributed by atoms with van der Waals surface area (Å²) in [5, 5.41) is 9.22. The molecule has 20 heavy (non-hydrogen) atoms. The topological polar surface area (TPSA) is 70.1 Å². The molecule has 0 aromatic carbocycles. The van der Waals surface area contributed by atoms with E-state index in [1.807, 2.05) is 0 Å². The van der Waals surface area contributed by atoms with Crippen LogP contribution in [0.2, 0.25) is 0 Å². The van der Waals surface area contributed by atoms with Crippen molar-refractivity contribution in [2.75, 3.05) is 26.7 Å². The van der Waals surface area contributed by atoms with Crippen molar-refractivity contribution in [3.05, 3.63) is 0 Å². The summed E-state index contributed by atoms with van der Waals surface area (Å²) in [6, 6.07) is -0.864. The molecule has 2 rings (SSSR count). The van der Waals surface area contributed by atoms with E-state index in [0.29, 0.717) is 19.5 Å². The van der Waals surface area contributed by atoms with Gasteiger partial charge < -0.3 is 19.6 Å². The SMILES string of the molecule is CN(CC1CCCCO1)C(=O)N1CCCCC1C(=O)O. The molecule has 6 heteroatoms. The third-order valence-corrected chi connectivity index (χ3v) is 4.11. The van der Waals surface area contributed by atoms with Gasteiger partial charge in [0, 0.05) is 26.7 Å². The summed E-state index contributed by atoms with van der Waals surface area (Å²) in [6.07, 6.45) is 5.58. The number of carboxylic acids is 1. The molecule has 2 aliphatic heterocycles. The molecule has 0 bridgehead atoms. The van der Waals surface area contributed by atoms with Crippen LogP contribution in [0, 0.1) is 0 Å². The Morgan fingerprint density at radius 3 is 2.65 bits per heavy atom. The number of piperidine rings is 1. The maximum atomic E-state index is 12.4. The Balaban J connectivity index is 1.92. The number of likely N-dealkylation sites (N-methyl/N-ethyl adjacent to an activating group) is 1. The minimum Gasteiger partial charge on any atom is -0.480 e. The summed E-state index contributed by atoms with van der Waals surface area (Å²) in [6.45, 7) is 1.83. The van der Waals surface area contributed by atoms with E-state index < -0.39 is 12.0 Å². The highest BCUT2D eigenvalue weighted by molar-refractivity contribution is 5.82. The van der Waals surface area contributed by atoms with Crippen molar-refractivity contribution in [3.63, 3.8) is 0 Å². The largest absolute Gasteiger partial charge is 0.480 e. The highest BCUT2D eigenvalue weighted by Crippen LogP contribution is 2.20. The van der Waals surface area contributed by atoms with Crippen molar-refractivity contribution < 1.29 is 19.4 Å². The maximum absolute atomic E-state index is 12.4. The fourth-order valence-corrected chi connectivity index (χ4v) is 2.97. The molecule has 1 N–H and O–H groups in total. The van der Waals surface area contributed by atoms with Gasteiger partial charge in [0.15, 0.2) is 0 Å². The normalized spacial score (nSPS) is 27.1. The van der Waals surface area contributed by atoms with Crippen LogP contribution in [0.1, 0.15) is 38.5 Å². The molecule has 2 unspecified atom stereocenters. The quantitative estimate of drug-likeness (QED) is 0.853. The van der Waals surface area contributed by atoms with Crippen LogP contribution < -0.4 is 0 Å². The van der Waals surface area contributed by atoms with Gasteiger partial charge in [0.25, 0.3) is 0 Å². The number of ether oxygens (including phenoxy) is 1. The van der Waals surface area contributed by atoms with Gasteiger partial charge in [-0.25, -0.2) is 9.59 Å². The first kappa shape index (κ1) is 15.1. The Kier molecular flexibility index (Phi) is 5.23. The van der Waals surface area contributed by atoms with Crippen molar-refractivity contribution in [1.29, 1.82) is 0 Å². The Hall–Kier alpha value is -1.30. The number of aliphatic carboxylic acids is 1. The molecule has 0 aliphatic carbocycles. The minimum absolute atomic E-state index is 0.0887. The first-order valence-corrected chi connectivity index (χ1v) is 7.45. The molecular weight excluding hydrogens is 260 g/mol. The summed E-state index contributed by atoms with van der Waals surface area (Å²) in [5.41, 5.74) is 0. The van der Waals surface area contributed by atoms with Crippen LogP contribution in [-0.4, -0.2) is 65.8 Å². The molecule has 0 spiro atoms. The predicted molar refractivity (Wildman–Crippen MR) is 73.6 cm³/mol. The summed E-state index contributed by atoms with van der Waals surface area (Å²) in [7, 11) is 1.73. The number of rotatable bonds is 3. The van der Waals surface area contributed by atoms with Gasteiger partial charge in [0.1, 0.15) is 6.04 Å². The van der Waals surface area contributed by atoms with Crippen LogP contribution >= 0.6 is 0 Å². The molecule has 0 aromatic rings. The molecular formula is C14H24N2O4. The zero-order chi connectivity index (χ0) is 14.5. The Morgan fingerprint density at radius 2 is 2.00 bits per heavy atom. The molecule has 2 amide bonds. The molecule has 0 saturated carbocycles. The smallest absolute Gasteiger partial charge is 0.326 e. The van der Waals surface area contributed by atoms with Crippen molar-refractivity contribution in [2.45, 2.75) is 50.7 Å². The average Bonchev–Trinajstić information content (AvgIpc) is 2.47. The van der Waals surface area contributed by atoms with Crippen molar-refractivity contribution >= 4 is 12.0 Å². The first-order valence-electron chi connectivity index (χ1n) is 7.45. The predicted octanol–water partition coefficient (Wildman–Crippen LogP) is 1.55. The van der Waals surface area contributed by atoms with Crippen LogP contribution in [-0.2, 0) is 9.53 Å². The molecule has 0 radical (unpaired) electrons. The third-order valence-electron chi connectivity index (χ3n) is 4.11. The second kappa shape index (κ2) is 6.92. The number of hydrogen-bond acceptors (Lipinski definition) is 3. The Bertz CT molecular complexity index is 355. The summed E-state index contributed by atoms with van der Waals surface area (Å²) >= 11 is 0. The van der Waals surface area contributed by atoms with Crippen LogP contribution in [0.3, 0.4) is 0 Å². The lowest BCUT2D eigenvalue weighted by Gasteiger charge is -2.37. The number of carbonyl (C=O) groups is 2.